The van der Waals surface area contributed by atoms with Crippen LogP contribution in [0.5, 0.6) is 0 Å². The highest BCUT2D eigenvalue weighted by atomic mass is 35.5. The maximum absolute atomic E-state index is 12.7. The van der Waals surface area contributed by atoms with Crippen molar-refractivity contribution in [2.75, 3.05) is 31.6 Å². The fourth-order valence-electron chi connectivity index (χ4n) is 2.13. The highest BCUT2D eigenvalue weighted by Gasteiger charge is 2.30. The summed E-state index contributed by atoms with van der Waals surface area (Å²) in [6, 6.07) is 3.01. The molecule has 2 rings (SSSR count). The summed E-state index contributed by atoms with van der Waals surface area (Å²) >= 11 is 12.2. The van der Waals surface area contributed by atoms with Gasteiger partial charge in [-0.2, -0.15) is 4.31 Å². The first-order chi connectivity index (χ1) is 9.86. The van der Waals surface area contributed by atoms with E-state index in [0.29, 0.717) is 28.6 Å². The van der Waals surface area contributed by atoms with E-state index >= 15 is 0 Å². The molecule has 0 spiro atoms. The lowest BCUT2D eigenvalue weighted by Gasteiger charge is -2.26. The summed E-state index contributed by atoms with van der Waals surface area (Å²) in [6.45, 7) is 0.893. The number of hydrogen-bond donors (Lipinski definition) is 1. The predicted molar refractivity (Wildman–Crippen MR) is 85.9 cm³/mol. The zero-order valence-corrected chi connectivity index (χ0v) is 14.6. The molecule has 0 aliphatic carbocycles. The number of benzene rings is 1. The third kappa shape index (κ3) is 3.78. The third-order valence-corrected chi connectivity index (χ3v) is 7.18. The second kappa shape index (κ2) is 6.93. The normalized spacial score (nSPS) is 18.0. The van der Waals surface area contributed by atoms with Gasteiger partial charge in [-0.15, -0.1) is 0 Å². The molecular weight excluding hydrogens is 355 g/mol. The minimum Gasteiger partial charge on any atom is -0.316 e. The molecule has 5 nitrogen and oxygen atoms in total. The predicted octanol–water partition coefficient (Wildman–Crippen LogP) is 1.47. The Morgan fingerprint density at radius 1 is 1.29 bits per heavy atom. The number of nitrogens with zero attached hydrogens (tertiary/aromatic N) is 1. The molecule has 118 valence electrons. The summed E-state index contributed by atoms with van der Waals surface area (Å²) in [4.78, 5) is 0.00889. The fraction of sp³-hybridized carbons (Fsp3) is 0.500. The van der Waals surface area contributed by atoms with Gasteiger partial charge < -0.3 is 5.32 Å². The van der Waals surface area contributed by atoms with Gasteiger partial charge in [0.25, 0.3) is 0 Å². The van der Waals surface area contributed by atoms with Gasteiger partial charge >= 0.3 is 0 Å². The van der Waals surface area contributed by atoms with Crippen LogP contribution in [0.3, 0.4) is 0 Å². The van der Waals surface area contributed by atoms with Gasteiger partial charge in [-0.3, -0.25) is 4.21 Å². The molecule has 1 aromatic carbocycles. The first-order valence-corrected chi connectivity index (χ1v) is 10.0. The van der Waals surface area contributed by atoms with Crippen LogP contribution < -0.4 is 5.32 Å². The van der Waals surface area contributed by atoms with Crippen molar-refractivity contribution in [3.63, 3.8) is 0 Å². The molecular formula is C12H16Cl2N2O3S2. The van der Waals surface area contributed by atoms with Gasteiger partial charge in [-0.05, 0) is 24.7 Å². The van der Waals surface area contributed by atoms with Gasteiger partial charge in [0.15, 0.2) is 0 Å². The zero-order chi connectivity index (χ0) is 15.6. The van der Waals surface area contributed by atoms with Crippen molar-refractivity contribution in [1.82, 2.24) is 9.62 Å². The lowest BCUT2D eigenvalue weighted by molar-refractivity contribution is 0.438. The second-order valence-electron chi connectivity index (χ2n) is 4.66. The standard InChI is InChI=1S/C12H16Cl2N2O3S2/c1-15-8-9-6-10(13)7-11(12(9)14)21(18,19)16-2-4-20(17)5-3-16/h6-7,15H,2-5,8H2,1H3. The molecule has 0 unspecified atom stereocenters. The first-order valence-electron chi connectivity index (χ1n) is 6.34. The minimum atomic E-state index is -3.72. The molecule has 0 radical (unpaired) electrons. The molecule has 1 aliphatic rings. The van der Waals surface area contributed by atoms with Crippen LogP contribution in [0, 0.1) is 0 Å². The quantitative estimate of drug-likeness (QED) is 0.871. The highest BCUT2D eigenvalue weighted by Crippen LogP contribution is 2.31. The van der Waals surface area contributed by atoms with Crippen LogP contribution in [-0.4, -0.2) is 48.6 Å². The molecule has 0 atom stereocenters. The highest BCUT2D eigenvalue weighted by molar-refractivity contribution is 7.89. The molecule has 1 N–H and O–H groups in total. The van der Waals surface area contributed by atoms with Crippen LogP contribution in [0.25, 0.3) is 0 Å². The van der Waals surface area contributed by atoms with E-state index in [2.05, 4.69) is 5.32 Å². The van der Waals surface area contributed by atoms with Gasteiger partial charge in [0.1, 0.15) is 4.90 Å². The third-order valence-electron chi connectivity index (χ3n) is 3.20. The number of nitrogens with one attached hydrogen (secondary N) is 1. The Morgan fingerprint density at radius 3 is 2.48 bits per heavy atom. The molecule has 0 aromatic heterocycles. The fourth-order valence-corrected chi connectivity index (χ4v) is 5.76. The van der Waals surface area contributed by atoms with Crippen molar-refractivity contribution >= 4 is 44.0 Å². The largest absolute Gasteiger partial charge is 0.316 e. The van der Waals surface area contributed by atoms with Crippen molar-refractivity contribution in [2.24, 2.45) is 0 Å². The van der Waals surface area contributed by atoms with Crippen molar-refractivity contribution in [2.45, 2.75) is 11.4 Å². The molecule has 21 heavy (non-hydrogen) atoms. The van der Waals surface area contributed by atoms with Crippen LogP contribution in [0.2, 0.25) is 10.0 Å². The van der Waals surface area contributed by atoms with E-state index in [1.165, 1.54) is 10.4 Å². The van der Waals surface area contributed by atoms with E-state index in [-0.39, 0.29) is 23.0 Å². The van der Waals surface area contributed by atoms with Crippen LogP contribution >= 0.6 is 23.2 Å². The average molecular weight is 371 g/mol. The SMILES string of the molecule is CNCc1cc(Cl)cc(S(=O)(=O)N2CCS(=O)CC2)c1Cl. The van der Waals surface area contributed by atoms with Gasteiger partial charge in [-0.25, -0.2) is 8.42 Å². The lowest BCUT2D eigenvalue weighted by Crippen LogP contribution is -2.41. The van der Waals surface area contributed by atoms with Crippen molar-refractivity contribution in [1.29, 1.82) is 0 Å². The summed E-state index contributed by atoms with van der Waals surface area (Å²) in [5, 5.41) is 3.43. The Hall–Kier alpha value is -0.180. The second-order valence-corrected chi connectivity index (χ2v) is 9.08. The van der Waals surface area contributed by atoms with E-state index in [1.54, 1.807) is 13.1 Å². The monoisotopic (exact) mass is 370 g/mol. The van der Waals surface area contributed by atoms with E-state index in [1.807, 2.05) is 0 Å². The van der Waals surface area contributed by atoms with Gasteiger partial charge in [0, 0.05) is 47.0 Å². The number of hydrogen-bond acceptors (Lipinski definition) is 4. The number of rotatable bonds is 4. The van der Waals surface area contributed by atoms with Crippen molar-refractivity contribution in [3.05, 3.63) is 27.7 Å². The molecule has 1 heterocycles. The Balaban J connectivity index is 2.42. The molecule has 1 aliphatic heterocycles. The Morgan fingerprint density at radius 2 is 1.90 bits per heavy atom. The number of halogens is 2. The maximum atomic E-state index is 12.7. The lowest BCUT2D eigenvalue weighted by atomic mass is 10.2. The first kappa shape index (κ1) is 17.2. The molecule has 0 saturated carbocycles. The summed E-state index contributed by atoms with van der Waals surface area (Å²) in [5.74, 6) is 0.696. The van der Waals surface area contributed by atoms with Crippen LogP contribution in [0.1, 0.15) is 5.56 Å². The molecule has 9 heteroatoms. The Labute approximate surface area is 137 Å². The summed E-state index contributed by atoms with van der Waals surface area (Å²) in [7, 11) is -2.93. The molecule has 1 aromatic rings. The summed E-state index contributed by atoms with van der Waals surface area (Å²) in [6.07, 6.45) is 0. The van der Waals surface area contributed by atoms with E-state index in [9.17, 15) is 12.6 Å². The van der Waals surface area contributed by atoms with Crippen LogP contribution in [0.4, 0.5) is 0 Å². The van der Waals surface area contributed by atoms with E-state index < -0.39 is 20.8 Å². The molecule has 0 amide bonds. The van der Waals surface area contributed by atoms with Gasteiger partial charge in [0.05, 0.1) is 5.02 Å². The van der Waals surface area contributed by atoms with Gasteiger partial charge in [-0.1, -0.05) is 23.2 Å². The van der Waals surface area contributed by atoms with Crippen LogP contribution in [0.15, 0.2) is 17.0 Å². The molecule has 1 fully saturated rings. The zero-order valence-electron chi connectivity index (χ0n) is 11.4. The van der Waals surface area contributed by atoms with E-state index in [4.69, 9.17) is 23.2 Å². The Kier molecular flexibility index (Phi) is 5.67. The smallest absolute Gasteiger partial charge is 0.244 e. The minimum absolute atomic E-state index is 0.00889. The van der Waals surface area contributed by atoms with Crippen molar-refractivity contribution in [3.8, 4) is 0 Å². The van der Waals surface area contributed by atoms with Gasteiger partial charge in [0.2, 0.25) is 10.0 Å². The summed E-state index contributed by atoms with van der Waals surface area (Å²) < 4.78 is 38.1. The van der Waals surface area contributed by atoms with Crippen molar-refractivity contribution < 1.29 is 12.6 Å². The van der Waals surface area contributed by atoms with Crippen LogP contribution in [-0.2, 0) is 27.4 Å². The molecule has 1 saturated heterocycles. The average Bonchev–Trinajstić information content (AvgIpc) is 2.43. The Bertz CT molecular complexity index is 655. The topological polar surface area (TPSA) is 66.5 Å². The number of sulfonamides is 1. The van der Waals surface area contributed by atoms with E-state index in [0.717, 1.165) is 0 Å². The maximum Gasteiger partial charge on any atom is 0.244 e. The summed E-state index contributed by atoms with van der Waals surface area (Å²) in [5.41, 5.74) is 0.630. The molecule has 0 bridgehead atoms.